The normalized spacial score (nSPS) is 11.0. The van der Waals surface area contributed by atoms with Gasteiger partial charge in [-0.25, -0.2) is 4.79 Å². The number of rotatable bonds is 4. The molecule has 0 saturated carbocycles. The summed E-state index contributed by atoms with van der Waals surface area (Å²) in [5.74, 6) is 0. The molecule has 0 saturated heterocycles. The number of amides is 1. The van der Waals surface area contributed by atoms with Crippen LogP contribution in [0.25, 0.3) is 0 Å². The topological polar surface area (TPSA) is 66.2 Å². The van der Waals surface area contributed by atoms with E-state index >= 15 is 0 Å². The molecule has 1 heterocycles. The van der Waals surface area contributed by atoms with E-state index in [-0.39, 0.29) is 0 Å². The first-order valence-electron chi connectivity index (χ1n) is 6.88. The smallest absolute Gasteiger partial charge is 0.412 e. The summed E-state index contributed by atoms with van der Waals surface area (Å²) in [4.78, 5) is 14.7. The predicted octanol–water partition coefficient (Wildman–Crippen LogP) is 3.97. The van der Waals surface area contributed by atoms with Crippen molar-refractivity contribution in [3.05, 3.63) is 48.3 Å². The largest absolute Gasteiger partial charge is 0.444 e. The van der Waals surface area contributed by atoms with Crippen molar-refractivity contribution in [2.45, 2.75) is 32.9 Å². The molecule has 5 heteroatoms. The number of carbonyl (C=O) groups excluding carboxylic acids is 1. The number of benzene rings is 1. The van der Waals surface area contributed by atoms with Crippen molar-refractivity contribution >= 4 is 17.5 Å². The molecule has 0 spiro atoms. The van der Waals surface area contributed by atoms with Crippen LogP contribution in [0.4, 0.5) is 16.2 Å². The number of nitrogens with one attached hydrogen (secondary N) is 3. The molecule has 0 atom stereocenters. The quantitative estimate of drug-likeness (QED) is 0.797. The summed E-state index contributed by atoms with van der Waals surface area (Å²) in [5.41, 5.74) is 2.38. The standard InChI is InChI=1S/C16H21N3O2/c1-16(2,3)21-15(20)19-14-6-4-13(5-7-14)18-11-12-8-9-17-10-12/h4-10,17-18H,11H2,1-3H3,(H,19,20). The molecule has 1 aromatic heterocycles. The molecule has 0 unspecified atom stereocenters. The van der Waals surface area contributed by atoms with Gasteiger partial charge in [0.25, 0.3) is 0 Å². The summed E-state index contributed by atoms with van der Waals surface area (Å²) in [7, 11) is 0. The molecule has 21 heavy (non-hydrogen) atoms. The Morgan fingerprint density at radius 2 is 1.81 bits per heavy atom. The lowest BCUT2D eigenvalue weighted by Crippen LogP contribution is -2.27. The van der Waals surface area contributed by atoms with E-state index in [0.29, 0.717) is 5.69 Å². The zero-order valence-electron chi connectivity index (χ0n) is 12.6. The maximum Gasteiger partial charge on any atom is 0.412 e. The molecule has 1 aromatic carbocycles. The average molecular weight is 287 g/mol. The van der Waals surface area contributed by atoms with Crippen LogP contribution >= 0.6 is 0 Å². The number of hydrogen-bond acceptors (Lipinski definition) is 3. The minimum absolute atomic E-state index is 0.449. The summed E-state index contributed by atoms with van der Waals surface area (Å²) >= 11 is 0. The maximum absolute atomic E-state index is 11.6. The molecule has 0 aliphatic rings. The van der Waals surface area contributed by atoms with E-state index in [0.717, 1.165) is 12.2 Å². The molecule has 0 aliphatic carbocycles. The minimum atomic E-state index is -0.498. The number of ether oxygens (including phenoxy) is 1. The molecule has 5 nitrogen and oxygen atoms in total. The van der Waals surface area contributed by atoms with Crippen LogP contribution in [0.5, 0.6) is 0 Å². The van der Waals surface area contributed by atoms with Crippen molar-refractivity contribution in [1.82, 2.24) is 4.98 Å². The monoisotopic (exact) mass is 287 g/mol. The molecule has 0 aliphatic heterocycles. The van der Waals surface area contributed by atoms with E-state index in [1.807, 2.05) is 63.5 Å². The van der Waals surface area contributed by atoms with Gasteiger partial charge in [0.2, 0.25) is 0 Å². The molecule has 1 amide bonds. The predicted molar refractivity (Wildman–Crippen MR) is 84.4 cm³/mol. The van der Waals surface area contributed by atoms with Gasteiger partial charge in [-0.2, -0.15) is 0 Å². The van der Waals surface area contributed by atoms with Crippen LogP contribution < -0.4 is 10.6 Å². The van der Waals surface area contributed by atoms with E-state index in [4.69, 9.17) is 4.74 Å². The molecule has 112 valence electrons. The number of hydrogen-bond donors (Lipinski definition) is 3. The van der Waals surface area contributed by atoms with Gasteiger partial charge in [0, 0.05) is 30.3 Å². The third-order valence-corrected chi connectivity index (χ3v) is 2.69. The Morgan fingerprint density at radius 3 is 2.38 bits per heavy atom. The first kappa shape index (κ1) is 15.0. The van der Waals surface area contributed by atoms with Gasteiger partial charge in [-0.3, -0.25) is 5.32 Å². The van der Waals surface area contributed by atoms with Crippen LogP contribution in [0.15, 0.2) is 42.7 Å². The van der Waals surface area contributed by atoms with Crippen molar-refractivity contribution in [3.63, 3.8) is 0 Å². The lowest BCUT2D eigenvalue weighted by molar-refractivity contribution is 0.0636. The van der Waals surface area contributed by atoms with Crippen molar-refractivity contribution in [2.24, 2.45) is 0 Å². The van der Waals surface area contributed by atoms with Crippen LogP contribution in [0.1, 0.15) is 26.3 Å². The van der Waals surface area contributed by atoms with E-state index in [1.54, 1.807) is 0 Å². The number of carbonyl (C=O) groups is 1. The first-order chi connectivity index (χ1) is 9.92. The molecule has 2 aromatic rings. The maximum atomic E-state index is 11.6. The highest BCUT2D eigenvalue weighted by Crippen LogP contribution is 2.16. The second-order valence-corrected chi connectivity index (χ2v) is 5.78. The fraction of sp³-hybridized carbons (Fsp3) is 0.312. The fourth-order valence-corrected chi connectivity index (χ4v) is 1.77. The van der Waals surface area contributed by atoms with Crippen LogP contribution in [-0.2, 0) is 11.3 Å². The van der Waals surface area contributed by atoms with E-state index in [9.17, 15) is 4.79 Å². The molecule has 0 bridgehead atoms. The summed E-state index contributed by atoms with van der Waals surface area (Å²) in [5, 5.41) is 6.00. The van der Waals surface area contributed by atoms with Crippen molar-refractivity contribution in [2.75, 3.05) is 10.6 Å². The van der Waals surface area contributed by atoms with Gasteiger partial charge < -0.3 is 15.0 Å². The molecule has 2 rings (SSSR count). The molecule has 0 radical (unpaired) electrons. The van der Waals surface area contributed by atoms with Crippen LogP contribution in [0.3, 0.4) is 0 Å². The molecular formula is C16H21N3O2. The third-order valence-electron chi connectivity index (χ3n) is 2.69. The zero-order chi connectivity index (χ0) is 15.3. The Hall–Kier alpha value is -2.43. The molecule has 3 N–H and O–H groups in total. The first-order valence-corrected chi connectivity index (χ1v) is 6.88. The van der Waals surface area contributed by atoms with Gasteiger partial charge >= 0.3 is 6.09 Å². The van der Waals surface area contributed by atoms with E-state index in [2.05, 4.69) is 15.6 Å². The Kier molecular flexibility index (Phi) is 4.52. The Labute approximate surface area is 124 Å². The Morgan fingerprint density at radius 1 is 1.14 bits per heavy atom. The highest BCUT2D eigenvalue weighted by molar-refractivity contribution is 5.85. The third kappa shape index (κ3) is 5.22. The number of anilines is 2. The zero-order valence-corrected chi connectivity index (χ0v) is 12.6. The molecule has 0 fully saturated rings. The second kappa shape index (κ2) is 6.35. The highest BCUT2D eigenvalue weighted by atomic mass is 16.6. The summed E-state index contributed by atoms with van der Waals surface area (Å²) in [6.45, 7) is 6.25. The summed E-state index contributed by atoms with van der Waals surface area (Å²) < 4.78 is 5.20. The Bertz CT molecular complexity index is 569. The number of aromatic nitrogens is 1. The van der Waals surface area contributed by atoms with Crippen molar-refractivity contribution in [1.29, 1.82) is 0 Å². The number of H-pyrrole nitrogens is 1. The van der Waals surface area contributed by atoms with Crippen LogP contribution in [0, 0.1) is 0 Å². The number of aromatic amines is 1. The molecular weight excluding hydrogens is 266 g/mol. The summed E-state index contributed by atoms with van der Waals surface area (Å²) in [6.07, 6.45) is 3.39. The average Bonchev–Trinajstić information content (AvgIpc) is 2.89. The SMILES string of the molecule is CC(C)(C)OC(=O)Nc1ccc(NCc2cc[nH]c2)cc1. The van der Waals surface area contributed by atoms with Gasteiger partial charge in [0.15, 0.2) is 0 Å². The highest BCUT2D eigenvalue weighted by Gasteiger charge is 2.15. The second-order valence-electron chi connectivity index (χ2n) is 5.78. The van der Waals surface area contributed by atoms with Crippen LogP contribution in [0.2, 0.25) is 0 Å². The lowest BCUT2D eigenvalue weighted by atomic mass is 10.2. The minimum Gasteiger partial charge on any atom is -0.444 e. The fourth-order valence-electron chi connectivity index (χ4n) is 1.77. The van der Waals surface area contributed by atoms with Gasteiger partial charge in [-0.05, 0) is 56.7 Å². The van der Waals surface area contributed by atoms with Gasteiger partial charge in [0.05, 0.1) is 0 Å². The van der Waals surface area contributed by atoms with Gasteiger partial charge in [-0.1, -0.05) is 0 Å². The van der Waals surface area contributed by atoms with Gasteiger partial charge in [-0.15, -0.1) is 0 Å². The van der Waals surface area contributed by atoms with E-state index in [1.165, 1.54) is 5.56 Å². The summed E-state index contributed by atoms with van der Waals surface area (Å²) in [6, 6.07) is 9.52. The lowest BCUT2D eigenvalue weighted by Gasteiger charge is -2.19. The van der Waals surface area contributed by atoms with Gasteiger partial charge in [0.1, 0.15) is 5.60 Å². The van der Waals surface area contributed by atoms with Crippen molar-refractivity contribution in [3.8, 4) is 0 Å². The Balaban J connectivity index is 1.85. The van der Waals surface area contributed by atoms with E-state index < -0.39 is 11.7 Å². The van der Waals surface area contributed by atoms with Crippen molar-refractivity contribution < 1.29 is 9.53 Å². The van der Waals surface area contributed by atoms with Crippen LogP contribution in [-0.4, -0.2) is 16.7 Å².